The van der Waals surface area contributed by atoms with E-state index in [1.54, 1.807) is 0 Å². The van der Waals surface area contributed by atoms with Gasteiger partial charge in [-0.1, -0.05) is 6.08 Å². The molecule has 2 aliphatic rings. The van der Waals surface area contributed by atoms with Crippen LogP contribution < -0.4 is 0 Å². The molecule has 0 spiro atoms. The third-order valence-corrected chi connectivity index (χ3v) is 4.49. The maximum Gasteiger partial charge on any atom is 0.319 e. The predicted octanol–water partition coefficient (Wildman–Crippen LogP) is 0.00230. The lowest BCUT2D eigenvalue weighted by Gasteiger charge is -2.51. The van der Waals surface area contributed by atoms with Crippen LogP contribution >= 0.6 is 0 Å². The molecule has 122 valence electrons. The first-order chi connectivity index (χ1) is 10.4. The summed E-state index contributed by atoms with van der Waals surface area (Å²) in [5.41, 5.74) is -1.43. The topological polar surface area (TPSA) is 99.1 Å². The Morgan fingerprint density at radius 3 is 2.50 bits per heavy atom. The van der Waals surface area contributed by atoms with Gasteiger partial charge in [0.05, 0.1) is 19.3 Å². The lowest BCUT2D eigenvalue weighted by molar-refractivity contribution is -0.203. The van der Waals surface area contributed by atoms with Crippen molar-refractivity contribution >= 4 is 17.7 Å². The molecule has 0 heterocycles. The maximum absolute atomic E-state index is 12.6. The fourth-order valence-electron chi connectivity index (χ4n) is 3.59. The molecule has 0 unspecified atom stereocenters. The van der Waals surface area contributed by atoms with Crippen molar-refractivity contribution in [3.8, 4) is 0 Å². The third kappa shape index (κ3) is 2.44. The van der Waals surface area contributed by atoms with Crippen LogP contribution in [0, 0.1) is 11.3 Å². The van der Waals surface area contributed by atoms with Crippen LogP contribution in [0.2, 0.25) is 0 Å². The van der Waals surface area contributed by atoms with Gasteiger partial charge in [0.15, 0.2) is 0 Å². The zero-order chi connectivity index (χ0) is 16.5. The number of ketones is 1. The zero-order valence-corrected chi connectivity index (χ0v) is 12.8. The number of aliphatic hydroxyl groups excluding tert-OH is 1. The fourth-order valence-corrected chi connectivity index (χ4v) is 3.59. The van der Waals surface area contributed by atoms with Gasteiger partial charge < -0.3 is 19.3 Å². The van der Waals surface area contributed by atoms with Crippen LogP contribution in [0.5, 0.6) is 0 Å². The number of aliphatic hydroxyl groups is 1. The van der Waals surface area contributed by atoms with Crippen molar-refractivity contribution in [2.24, 2.45) is 11.3 Å². The van der Waals surface area contributed by atoms with Gasteiger partial charge in [-0.2, -0.15) is 0 Å². The Morgan fingerprint density at radius 1 is 1.27 bits per heavy atom. The summed E-state index contributed by atoms with van der Waals surface area (Å²) < 4.78 is 15.5. The number of carbonyl (C=O) groups excluding carboxylic acids is 3. The van der Waals surface area contributed by atoms with Gasteiger partial charge in [0.1, 0.15) is 17.3 Å². The summed E-state index contributed by atoms with van der Waals surface area (Å²) in [6, 6.07) is 0. The average molecular weight is 312 g/mol. The summed E-state index contributed by atoms with van der Waals surface area (Å²) in [6.07, 6.45) is 0.0805. The molecule has 5 atom stereocenters. The first-order valence-corrected chi connectivity index (χ1v) is 7.04. The number of hydrogen-bond acceptors (Lipinski definition) is 7. The largest absolute Gasteiger partial charge is 0.468 e. The molecule has 0 radical (unpaired) electrons. The van der Waals surface area contributed by atoms with E-state index in [0.717, 1.165) is 0 Å². The molecule has 2 rings (SSSR count). The maximum atomic E-state index is 12.6. The Hall–Kier alpha value is -1.73. The number of methoxy groups -OCH3 is 2. The van der Waals surface area contributed by atoms with Gasteiger partial charge in [0.25, 0.3) is 0 Å². The summed E-state index contributed by atoms with van der Waals surface area (Å²) in [5, 5.41) is 10.3. The second-order valence-corrected chi connectivity index (χ2v) is 5.61. The van der Waals surface area contributed by atoms with Crippen molar-refractivity contribution in [2.75, 3.05) is 14.2 Å². The first-order valence-electron chi connectivity index (χ1n) is 7.04. The van der Waals surface area contributed by atoms with E-state index in [1.807, 2.05) is 0 Å². The second-order valence-electron chi connectivity index (χ2n) is 5.61. The molecule has 0 aromatic rings. The molecule has 0 saturated heterocycles. The average Bonchev–Trinajstić information content (AvgIpc) is 2.48. The highest BCUT2D eigenvalue weighted by atomic mass is 16.6. The molecule has 0 aliphatic heterocycles. The molecule has 0 aromatic heterocycles. The SMILES string of the molecule is COC(=O)[C@]12[C@@H](OC(C)=O)C=C[C@@H](O)[C@H]1CC(=O)C[C@H]2OC. The van der Waals surface area contributed by atoms with E-state index in [0.29, 0.717) is 0 Å². The number of carbonyl (C=O) groups is 3. The Labute approximate surface area is 128 Å². The lowest BCUT2D eigenvalue weighted by Crippen LogP contribution is -2.64. The van der Waals surface area contributed by atoms with Crippen molar-refractivity contribution in [3.05, 3.63) is 12.2 Å². The van der Waals surface area contributed by atoms with E-state index in [4.69, 9.17) is 14.2 Å². The van der Waals surface area contributed by atoms with Gasteiger partial charge >= 0.3 is 11.9 Å². The molecule has 0 aromatic carbocycles. The Bertz CT molecular complexity index is 512. The zero-order valence-electron chi connectivity index (χ0n) is 12.8. The fraction of sp³-hybridized carbons (Fsp3) is 0.667. The van der Waals surface area contributed by atoms with Crippen molar-refractivity contribution in [3.63, 3.8) is 0 Å². The van der Waals surface area contributed by atoms with E-state index in [-0.39, 0.29) is 18.6 Å². The van der Waals surface area contributed by atoms with Gasteiger partial charge in [0, 0.05) is 32.8 Å². The summed E-state index contributed by atoms with van der Waals surface area (Å²) >= 11 is 0. The molecule has 1 saturated carbocycles. The van der Waals surface area contributed by atoms with Gasteiger partial charge in [-0.25, -0.2) is 0 Å². The van der Waals surface area contributed by atoms with Crippen LogP contribution in [0.25, 0.3) is 0 Å². The number of rotatable bonds is 3. The minimum absolute atomic E-state index is 0.000421. The molecule has 0 bridgehead atoms. The molecular formula is C15H20O7. The smallest absolute Gasteiger partial charge is 0.319 e. The van der Waals surface area contributed by atoms with E-state index >= 15 is 0 Å². The Kier molecular flexibility index (Phi) is 4.67. The van der Waals surface area contributed by atoms with Crippen molar-refractivity contribution in [1.29, 1.82) is 0 Å². The highest BCUT2D eigenvalue weighted by molar-refractivity contribution is 5.88. The molecular weight excluding hydrogens is 292 g/mol. The molecule has 0 amide bonds. The Balaban J connectivity index is 2.60. The van der Waals surface area contributed by atoms with Crippen molar-refractivity contribution in [1.82, 2.24) is 0 Å². The molecule has 7 nitrogen and oxygen atoms in total. The highest BCUT2D eigenvalue weighted by Gasteiger charge is 2.64. The van der Waals surface area contributed by atoms with Crippen molar-refractivity contribution in [2.45, 2.75) is 38.1 Å². The monoisotopic (exact) mass is 312 g/mol. The van der Waals surface area contributed by atoms with Gasteiger partial charge in [-0.3, -0.25) is 14.4 Å². The molecule has 1 fully saturated rings. The molecule has 1 N–H and O–H groups in total. The van der Waals surface area contributed by atoms with Crippen LogP contribution in [0.15, 0.2) is 12.2 Å². The number of hydrogen-bond donors (Lipinski definition) is 1. The van der Waals surface area contributed by atoms with E-state index in [1.165, 1.54) is 33.3 Å². The number of esters is 2. The van der Waals surface area contributed by atoms with Crippen LogP contribution in [-0.2, 0) is 28.6 Å². The van der Waals surface area contributed by atoms with Crippen LogP contribution in [0.4, 0.5) is 0 Å². The minimum atomic E-state index is -1.43. The lowest BCUT2D eigenvalue weighted by atomic mass is 9.57. The third-order valence-electron chi connectivity index (χ3n) is 4.49. The van der Waals surface area contributed by atoms with Gasteiger partial charge in [0.2, 0.25) is 0 Å². The quantitative estimate of drug-likeness (QED) is 0.578. The normalized spacial score (nSPS) is 37.4. The van der Waals surface area contributed by atoms with E-state index in [2.05, 4.69) is 0 Å². The molecule has 22 heavy (non-hydrogen) atoms. The standard InChI is InChI=1S/C15H20O7/c1-8(16)22-12-5-4-11(18)10-6-9(17)7-13(20-2)15(10,12)14(19)21-3/h4-5,10-13,18H,6-7H2,1-3H3/t10-,11-,12+,13-,15+/m1/s1. The summed E-state index contributed by atoms with van der Waals surface area (Å²) in [7, 11) is 2.59. The van der Waals surface area contributed by atoms with Crippen LogP contribution in [0.3, 0.4) is 0 Å². The van der Waals surface area contributed by atoms with Gasteiger partial charge in [-0.05, 0) is 6.08 Å². The van der Waals surface area contributed by atoms with E-state index < -0.39 is 41.6 Å². The number of fused-ring (bicyclic) bond motifs is 1. The summed E-state index contributed by atoms with van der Waals surface area (Å²) in [5.74, 6) is -2.11. The Morgan fingerprint density at radius 2 is 1.95 bits per heavy atom. The van der Waals surface area contributed by atoms with Gasteiger partial charge in [-0.15, -0.1) is 0 Å². The van der Waals surface area contributed by atoms with Crippen LogP contribution in [-0.4, -0.2) is 55.4 Å². The highest BCUT2D eigenvalue weighted by Crippen LogP contribution is 2.50. The van der Waals surface area contributed by atoms with Crippen molar-refractivity contribution < 1.29 is 33.7 Å². The first kappa shape index (κ1) is 16.6. The van der Waals surface area contributed by atoms with E-state index in [9.17, 15) is 19.5 Å². The molecule has 7 heteroatoms. The predicted molar refractivity (Wildman–Crippen MR) is 73.7 cm³/mol. The summed E-state index contributed by atoms with van der Waals surface area (Å²) in [6.45, 7) is 1.23. The molecule has 2 aliphatic carbocycles. The van der Waals surface area contributed by atoms with Crippen LogP contribution in [0.1, 0.15) is 19.8 Å². The number of Topliss-reactive ketones (excluding diaryl/α,β-unsaturated/α-hetero) is 1. The minimum Gasteiger partial charge on any atom is -0.468 e. The number of ether oxygens (including phenoxy) is 3. The second kappa shape index (κ2) is 6.18. The summed E-state index contributed by atoms with van der Waals surface area (Å²) in [4.78, 5) is 35.9.